The second kappa shape index (κ2) is 7.25. The molecule has 5 nitrogen and oxygen atoms in total. The van der Waals surface area contributed by atoms with E-state index in [-0.39, 0.29) is 5.57 Å². The zero-order valence-electron chi connectivity index (χ0n) is 15.0. The molecule has 0 spiro atoms. The van der Waals surface area contributed by atoms with Gasteiger partial charge < -0.3 is 4.74 Å². The number of amides is 2. The van der Waals surface area contributed by atoms with Crippen molar-refractivity contribution in [2.24, 2.45) is 0 Å². The highest BCUT2D eigenvalue weighted by molar-refractivity contribution is 6.37. The van der Waals surface area contributed by atoms with Gasteiger partial charge in [0, 0.05) is 0 Å². The van der Waals surface area contributed by atoms with Gasteiger partial charge >= 0.3 is 0 Å². The van der Waals surface area contributed by atoms with E-state index >= 15 is 0 Å². The monoisotopic (exact) mass is 404 g/mol. The molecule has 0 atom stereocenters. The first-order valence-electron chi connectivity index (χ1n) is 8.26. The molecule has 1 aliphatic heterocycles. The molecule has 0 aliphatic carbocycles. The van der Waals surface area contributed by atoms with E-state index in [0.717, 1.165) is 0 Å². The summed E-state index contributed by atoms with van der Waals surface area (Å²) in [5.74, 6) is -0.583. The van der Waals surface area contributed by atoms with Crippen LogP contribution in [0.25, 0.3) is 6.08 Å². The summed E-state index contributed by atoms with van der Waals surface area (Å²) in [4.78, 5) is 24.9. The minimum atomic E-state index is -0.494. The third-order valence-corrected chi connectivity index (χ3v) is 4.21. The van der Waals surface area contributed by atoms with Crippen LogP contribution >= 0.6 is 23.2 Å². The molecule has 140 valence electrons. The van der Waals surface area contributed by atoms with Crippen LogP contribution in [0.5, 0.6) is 5.75 Å². The van der Waals surface area contributed by atoms with Crippen molar-refractivity contribution in [1.29, 1.82) is 0 Å². The van der Waals surface area contributed by atoms with E-state index < -0.39 is 17.4 Å². The number of ether oxygens (including phenoxy) is 1. The largest absolute Gasteiger partial charge is 0.485 e. The highest BCUT2D eigenvalue weighted by Gasteiger charge is 2.34. The fourth-order valence-electron chi connectivity index (χ4n) is 2.55. The van der Waals surface area contributed by atoms with E-state index in [1.54, 1.807) is 36.4 Å². The van der Waals surface area contributed by atoms with E-state index in [4.69, 9.17) is 27.9 Å². The van der Waals surface area contributed by atoms with E-state index in [0.29, 0.717) is 27.0 Å². The van der Waals surface area contributed by atoms with Crippen molar-refractivity contribution in [1.82, 2.24) is 5.43 Å². The lowest BCUT2D eigenvalue weighted by Crippen LogP contribution is -2.35. The summed E-state index contributed by atoms with van der Waals surface area (Å²) in [7, 11) is 0. The summed E-state index contributed by atoms with van der Waals surface area (Å²) in [6.07, 6.45) is 1.46. The Labute approximate surface area is 167 Å². The van der Waals surface area contributed by atoms with Crippen molar-refractivity contribution in [3.8, 4) is 5.75 Å². The quantitative estimate of drug-likeness (QED) is 0.598. The number of carbonyl (C=O) groups is 2. The number of anilines is 1. The van der Waals surface area contributed by atoms with Gasteiger partial charge in [0.25, 0.3) is 11.8 Å². The molecule has 3 rings (SSSR count). The van der Waals surface area contributed by atoms with E-state index in [9.17, 15) is 9.59 Å². The molecule has 2 aromatic rings. The molecule has 27 heavy (non-hydrogen) atoms. The van der Waals surface area contributed by atoms with Gasteiger partial charge in [-0.2, -0.15) is 0 Å². The average molecular weight is 405 g/mol. The zero-order chi connectivity index (χ0) is 19.8. The minimum absolute atomic E-state index is 0.00419. The van der Waals surface area contributed by atoms with Crippen molar-refractivity contribution in [3.63, 3.8) is 0 Å². The van der Waals surface area contributed by atoms with Gasteiger partial charge in [-0.3, -0.25) is 15.0 Å². The first-order valence-corrected chi connectivity index (χ1v) is 9.01. The van der Waals surface area contributed by atoms with Crippen LogP contribution in [0.2, 0.25) is 10.0 Å². The molecule has 1 fully saturated rings. The van der Waals surface area contributed by atoms with Gasteiger partial charge in [-0.1, -0.05) is 41.4 Å². The second-order valence-electron chi connectivity index (χ2n) is 7.00. The predicted octanol–water partition coefficient (Wildman–Crippen LogP) is 4.63. The SMILES string of the molecule is CC(C)(C)Oc1c(Cl)cc(C=C2C(=O)NN(c3ccccc3)C2=O)cc1Cl. The Kier molecular flexibility index (Phi) is 5.18. The van der Waals surface area contributed by atoms with E-state index in [2.05, 4.69) is 5.43 Å². The first kappa shape index (κ1) is 19.3. The summed E-state index contributed by atoms with van der Waals surface area (Å²) >= 11 is 12.6. The topological polar surface area (TPSA) is 58.6 Å². The molecule has 0 bridgehead atoms. The van der Waals surface area contributed by atoms with Crippen LogP contribution in [0.15, 0.2) is 48.0 Å². The molecule has 0 unspecified atom stereocenters. The lowest BCUT2D eigenvalue weighted by atomic mass is 10.1. The number of benzene rings is 2. The number of rotatable bonds is 3. The maximum Gasteiger partial charge on any atom is 0.282 e. The Bertz CT molecular complexity index is 911. The fourth-order valence-corrected chi connectivity index (χ4v) is 3.13. The fraction of sp³-hybridized carbons (Fsp3) is 0.200. The molecule has 0 radical (unpaired) electrons. The van der Waals surface area contributed by atoms with Crippen LogP contribution in [0, 0.1) is 0 Å². The van der Waals surface area contributed by atoms with Crippen LogP contribution in [0.1, 0.15) is 26.3 Å². The summed E-state index contributed by atoms with van der Waals surface area (Å²) in [5.41, 5.74) is 3.18. The predicted molar refractivity (Wildman–Crippen MR) is 107 cm³/mol. The summed E-state index contributed by atoms with van der Waals surface area (Å²) in [6.45, 7) is 5.65. The average Bonchev–Trinajstić information content (AvgIpc) is 2.86. The zero-order valence-corrected chi connectivity index (χ0v) is 16.6. The Hall–Kier alpha value is -2.50. The maximum absolute atomic E-state index is 12.6. The lowest BCUT2D eigenvalue weighted by molar-refractivity contribution is -0.117. The third-order valence-electron chi connectivity index (χ3n) is 3.65. The van der Waals surface area contributed by atoms with E-state index in [1.807, 2.05) is 26.8 Å². The van der Waals surface area contributed by atoms with Gasteiger partial charge in [0.15, 0.2) is 5.75 Å². The molecule has 7 heteroatoms. The number of para-hydroxylation sites is 1. The van der Waals surface area contributed by atoms with Crippen molar-refractivity contribution in [2.45, 2.75) is 26.4 Å². The smallest absolute Gasteiger partial charge is 0.282 e. The number of hydrogen-bond donors (Lipinski definition) is 1. The normalized spacial score (nSPS) is 16.0. The Morgan fingerprint density at radius 3 is 2.19 bits per heavy atom. The van der Waals surface area contributed by atoms with Crippen molar-refractivity contribution >= 4 is 46.8 Å². The minimum Gasteiger partial charge on any atom is -0.485 e. The number of hydrazine groups is 1. The third kappa shape index (κ3) is 4.26. The number of halogens is 2. The maximum atomic E-state index is 12.6. The van der Waals surface area contributed by atoms with Gasteiger partial charge in [0.05, 0.1) is 15.7 Å². The number of hydrogen-bond acceptors (Lipinski definition) is 3. The van der Waals surface area contributed by atoms with Crippen molar-refractivity contribution in [3.05, 3.63) is 63.6 Å². The second-order valence-corrected chi connectivity index (χ2v) is 7.82. The molecular weight excluding hydrogens is 387 g/mol. The molecule has 2 aromatic carbocycles. The van der Waals surface area contributed by atoms with Gasteiger partial charge in [-0.05, 0) is 56.7 Å². The Balaban J connectivity index is 1.93. The standard InChI is InChI=1S/C20H18Cl2N2O3/c1-20(2,3)27-17-15(21)10-12(11-16(17)22)9-14-18(25)23-24(19(14)26)13-7-5-4-6-8-13/h4-11H,1-3H3,(H,23,25). The molecule has 2 amide bonds. The molecular formula is C20H18Cl2N2O3. The number of carbonyl (C=O) groups excluding carboxylic acids is 2. The highest BCUT2D eigenvalue weighted by Crippen LogP contribution is 2.37. The first-order chi connectivity index (χ1) is 12.7. The van der Waals surface area contributed by atoms with Crippen LogP contribution in [-0.4, -0.2) is 17.4 Å². The molecule has 1 saturated heterocycles. The van der Waals surface area contributed by atoms with Crippen LogP contribution in [0.4, 0.5) is 5.69 Å². The van der Waals surface area contributed by atoms with Crippen LogP contribution < -0.4 is 15.2 Å². The van der Waals surface area contributed by atoms with Gasteiger partial charge in [0.1, 0.15) is 11.2 Å². The van der Waals surface area contributed by atoms with E-state index in [1.165, 1.54) is 11.1 Å². The Morgan fingerprint density at radius 2 is 1.63 bits per heavy atom. The highest BCUT2D eigenvalue weighted by atomic mass is 35.5. The van der Waals surface area contributed by atoms with Crippen molar-refractivity contribution in [2.75, 3.05) is 5.01 Å². The number of nitrogens with one attached hydrogen (secondary N) is 1. The summed E-state index contributed by atoms with van der Waals surface area (Å²) in [6, 6.07) is 12.1. The van der Waals surface area contributed by atoms with Gasteiger partial charge in [-0.15, -0.1) is 0 Å². The lowest BCUT2D eigenvalue weighted by Gasteiger charge is -2.23. The Morgan fingerprint density at radius 1 is 1.04 bits per heavy atom. The molecule has 0 saturated carbocycles. The number of nitrogens with zero attached hydrogens (tertiary/aromatic N) is 1. The summed E-state index contributed by atoms with van der Waals surface area (Å²) < 4.78 is 5.77. The summed E-state index contributed by atoms with van der Waals surface area (Å²) in [5, 5.41) is 1.80. The van der Waals surface area contributed by atoms with Crippen LogP contribution in [-0.2, 0) is 9.59 Å². The molecule has 0 aromatic heterocycles. The molecule has 1 N–H and O–H groups in total. The van der Waals surface area contributed by atoms with Gasteiger partial charge in [-0.25, -0.2) is 5.01 Å². The molecule has 1 aliphatic rings. The van der Waals surface area contributed by atoms with Gasteiger partial charge in [0.2, 0.25) is 0 Å². The molecule has 1 heterocycles. The van der Waals surface area contributed by atoms with Crippen LogP contribution in [0.3, 0.4) is 0 Å². The van der Waals surface area contributed by atoms with Crippen molar-refractivity contribution < 1.29 is 14.3 Å².